The summed E-state index contributed by atoms with van der Waals surface area (Å²) >= 11 is 3.23. The minimum Gasteiger partial charge on any atom is -0.311 e. The van der Waals surface area contributed by atoms with E-state index in [-0.39, 0.29) is 0 Å². The van der Waals surface area contributed by atoms with Gasteiger partial charge in [-0.3, -0.25) is 0 Å². The molecule has 72 valence electrons. The maximum absolute atomic E-state index is 4.49. The van der Waals surface area contributed by atoms with Crippen molar-refractivity contribution in [3.63, 3.8) is 0 Å². The molecule has 0 aromatic carbocycles. The van der Waals surface area contributed by atoms with Gasteiger partial charge in [0, 0.05) is 16.8 Å². The van der Waals surface area contributed by atoms with Crippen molar-refractivity contribution in [2.45, 2.75) is 13.0 Å². The molecule has 0 aliphatic carbocycles. The lowest BCUT2D eigenvalue weighted by Gasteiger charge is -2.11. The number of thiazole rings is 1. The summed E-state index contributed by atoms with van der Waals surface area (Å²) in [6, 6.07) is 0. The van der Waals surface area contributed by atoms with Crippen LogP contribution >= 0.6 is 22.9 Å². The Hall–Kier alpha value is -0.780. The van der Waals surface area contributed by atoms with E-state index in [4.69, 9.17) is 0 Å². The zero-order valence-electron chi connectivity index (χ0n) is 7.49. The zero-order chi connectivity index (χ0) is 9.38. The van der Waals surface area contributed by atoms with Gasteiger partial charge in [0.15, 0.2) is 0 Å². The molecule has 5 heteroatoms. The molecule has 3 rings (SSSR count). The van der Waals surface area contributed by atoms with E-state index in [0.717, 1.165) is 30.9 Å². The number of fused-ring (bicyclic) bond motifs is 1. The van der Waals surface area contributed by atoms with E-state index in [2.05, 4.69) is 20.1 Å². The summed E-state index contributed by atoms with van der Waals surface area (Å²) in [5.74, 6) is 0. The molecular formula is C9H9N3S2. The molecule has 1 aliphatic heterocycles. The molecule has 1 N–H and O–H groups in total. The molecule has 0 amide bonds. The van der Waals surface area contributed by atoms with Crippen LogP contribution < -0.4 is 5.32 Å². The van der Waals surface area contributed by atoms with Crippen molar-refractivity contribution >= 4 is 22.9 Å². The van der Waals surface area contributed by atoms with Crippen LogP contribution in [0.3, 0.4) is 0 Å². The van der Waals surface area contributed by atoms with E-state index >= 15 is 0 Å². The van der Waals surface area contributed by atoms with Gasteiger partial charge < -0.3 is 5.32 Å². The molecular weight excluding hydrogens is 214 g/mol. The van der Waals surface area contributed by atoms with Crippen molar-refractivity contribution in [1.29, 1.82) is 0 Å². The van der Waals surface area contributed by atoms with Crippen molar-refractivity contribution in [1.82, 2.24) is 14.7 Å². The topological polar surface area (TPSA) is 37.8 Å². The molecule has 2 aromatic heterocycles. The highest BCUT2D eigenvalue weighted by Crippen LogP contribution is 2.29. The van der Waals surface area contributed by atoms with Gasteiger partial charge >= 0.3 is 0 Å². The predicted molar refractivity (Wildman–Crippen MR) is 58.6 cm³/mol. The molecule has 3 nitrogen and oxygen atoms in total. The highest BCUT2D eigenvalue weighted by Gasteiger charge is 2.18. The lowest BCUT2D eigenvalue weighted by atomic mass is 10.1. The van der Waals surface area contributed by atoms with Gasteiger partial charge in [-0.15, -0.1) is 11.3 Å². The Kier molecular flexibility index (Phi) is 2.08. The maximum atomic E-state index is 4.49. The molecule has 0 saturated carbocycles. The summed E-state index contributed by atoms with van der Waals surface area (Å²) in [6.45, 7) is 2.03. The third-order valence-electron chi connectivity index (χ3n) is 2.38. The molecule has 0 radical (unpaired) electrons. The van der Waals surface area contributed by atoms with Gasteiger partial charge in [0.2, 0.25) is 0 Å². The van der Waals surface area contributed by atoms with E-state index in [1.54, 1.807) is 22.9 Å². The molecule has 0 spiro atoms. The number of hydrogen-bond acceptors (Lipinski definition) is 5. The quantitative estimate of drug-likeness (QED) is 0.802. The summed E-state index contributed by atoms with van der Waals surface area (Å²) < 4.78 is 4.49. The fourth-order valence-corrected chi connectivity index (χ4v) is 3.10. The van der Waals surface area contributed by atoms with Crippen molar-refractivity contribution in [2.75, 3.05) is 6.54 Å². The smallest absolute Gasteiger partial charge is 0.107 e. The molecule has 0 bridgehead atoms. The lowest BCUT2D eigenvalue weighted by Crippen LogP contribution is -2.22. The number of hydrogen-bond donors (Lipinski definition) is 1. The van der Waals surface area contributed by atoms with Gasteiger partial charge in [-0.1, -0.05) is 0 Å². The van der Waals surface area contributed by atoms with Gasteiger partial charge in [-0.25, -0.2) is 4.98 Å². The highest BCUT2D eigenvalue weighted by molar-refractivity contribution is 7.08. The van der Waals surface area contributed by atoms with Crippen LogP contribution in [0.4, 0.5) is 0 Å². The minimum absolute atomic E-state index is 0.969. The SMILES string of the molecule is c1nc(-c2nsc3c2CCNC3)cs1. The van der Waals surface area contributed by atoms with Crippen LogP contribution in [-0.4, -0.2) is 15.9 Å². The van der Waals surface area contributed by atoms with Crippen LogP contribution in [0.25, 0.3) is 11.4 Å². The van der Waals surface area contributed by atoms with Gasteiger partial charge in [0.25, 0.3) is 0 Å². The summed E-state index contributed by atoms with van der Waals surface area (Å²) in [5, 5.41) is 5.42. The number of rotatable bonds is 1. The number of aromatic nitrogens is 2. The molecule has 0 unspecified atom stereocenters. The van der Waals surface area contributed by atoms with Gasteiger partial charge in [-0.05, 0) is 30.1 Å². The normalized spacial score (nSPS) is 15.4. The van der Waals surface area contributed by atoms with E-state index in [0.29, 0.717) is 0 Å². The van der Waals surface area contributed by atoms with Gasteiger partial charge in [0.1, 0.15) is 11.4 Å². The highest BCUT2D eigenvalue weighted by atomic mass is 32.1. The fourth-order valence-electron chi connectivity index (χ4n) is 1.69. The van der Waals surface area contributed by atoms with Crippen molar-refractivity contribution in [2.24, 2.45) is 0 Å². The largest absolute Gasteiger partial charge is 0.311 e. The molecule has 14 heavy (non-hydrogen) atoms. The summed E-state index contributed by atoms with van der Waals surface area (Å²) in [5.41, 5.74) is 5.41. The molecule has 0 atom stereocenters. The molecule has 1 aliphatic rings. The van der Waals surface area contributed by atoms with Crippen LogP contribution in [0.1, 0.15) is 10.4 Å². The Morgan fingerprint density at radius 1 is 1.43 bits per heavy atom. The summed E-state index contributed by atoms with van der Waals surface area (Å²) in [6.07, 6.45) is 1.08. The zero-order valence-corrected chi connectivity index (χ0v) is 9.12. The van der Waals surface area contributed by atoms with Crippen LogP contribution in [-0.2, 0) is 13.0 Å². The van der Waals surface area contributed by atoms with Crippen molar-refractivity contribution in [3.05, 3.63) is 21.3 Å². The van der Waals surface area contributed by atoms with Gasteiger partial charge in [-0.2, -0.15) is 4.37 Å². The van der Waals surface area contributed by atoms with Crippen LogP contribution in [0.15, 0.2) is 10.9 Å². The maximum Gasteiger partial charge on any atom is 0.107 e. The van der Waals surface area contributed by atoms with Gasteiger partial charge in [0.05, 0.1) is 5.51 Å². The third-order valence-corrected chi connectivity index (χ3v) is 3.85. The number of nitrogens with zero attached hydrogens (tertiary/aromatic N) is 2. The second-order valence-electron chi connectivity index (χ2n) is 3.23. The average molecular weight is 223 g/mol. The first-order valence-electron chi connectivity index (χ1n) is 4.52. The van der Waals surface area contributed by atoms with Crippen LogP contribution in [0.5, 0.6) is 0 Å². The van der Waals surface area contributed by atoms with E-state index in [1.165, 1.54) is 10.4 Å². The predicted octanol–water partition coefficient (Wildman–Crippen LogP) is 1.91. The summed E-state index contributed by atoms with van der Waals surface area (Å²) in [7, 11) is 0. The monoisotopic (exact) mass is 223 g/mol. The average Bonchev–Trinajstić information content (AvgIpc) is 2.85. The Bertz CT molecular complexity index is 433. The standard InChI is InChI=1S/C9H9N3S2/c1-2-10-3-8-6(1)9(12-14-8)7-4-13-5-11-7/h4-5,10H,1-3H2. The number of nitrogens with one attached hydrogen (secondary N) is 1. The van der Waals surface area contributed by atoms with E-state index in [9.17, 15) is 0 Å². The van der Waals surface area contributed by atoms with Crippen molar-refractivity contribution in [3.8, 4) is 11.4 Å². The second-order valence-corrected chi connectivity index (χ2v) is 4.81. The third kappa shape index (κ3) is 1.28. The summed E-state index contributed by atoms with van der Waals surface area (Å²) in [4.78, 5) is 5.68. The first kappa shape index (κ1) is 8.52. The van der Waals surface area contributed by atoms with Crippen molar-refractivity contribution < 1.29 is 0 Å². The Morgan fingerprint density at radius 3 is 3.29 bits per heavy atom. The van der Waals surface area contributed by atoms with E-state index in [1.807, 2.05) is 5.51 Å². The Labute approximate surface area is 90.0 Å². The Morgan fingerprint density at radius 2 is 2.43 bits per heavy atom. The van der Waals surface area contributed by atoms with Crippen LogP contribution in [0.2, 0.25) is 0 Å². The first-order chi connectivity index (χ1) is 6.95. The fraction of sp³-hybridized carbons (Fsp3) is 0.333. The molecule has 0 saturated heterocycles. The first-order valence-corrected chi connectivity index (χ1v) is 6.23. The molecule has 2 aromatic rings. The Balaban J connectivity index is 2.11. The van der Waals surface area contributed by atoms with Crippen LogP contribution in [0, 0.1) is 0 Å². The minimum atomic E-state index is 0.969. The molecule has 3 heterocycles. The lowest BCUT2D eigenvalue weighted by molar-refractivity contribution is 0.655. The van der Waals surface area contributed by atoms with E-state index < -0.39 is 0 Å². The second kappa shape index (κ2) is 3.42. The molecule has 0 fully saturated rings.